The first-order valence-electron chi connectivity index (χ1n) is 6.55. The fraction of sp³-hybridized carbons (Fsp3) is 0.571. The minimum atomic E-state index is -0.205. The van der Waals surface area contributed by atoms with Crippen molar-refractivity contribution in [1.29, 1.82) is 0 Å². The van der Waals surface area contributed by atoms with Crippen LogP contribution in [0, 0.1) is 17.7 Å². The van der Waals surface area contributed by atoms with Gasteiger partial charge in [-0.25, -0.2) is 4.39 Å². The van der Waals surface area contributed by atoms with E-state index in [2.05, 4.69) is 4.90 Å². The SMILES string of the molecule is Cl.NC1CCC2CN(Cc3ccc(Cl)cc3F)CC12. The van der Waals surface area contributed by atoms with Crippen molar-refractivity contribution in [3.63, 3.8) is 0 Å². The molecule has 2 nitrogen and oxygen atoms in total. The Labute approximate surface area is 124 Å². The molecule has 1 aromatic carbocycles. The normalized spacial score (nSPS) is 30.2. The zero-order valence-corrected chi connectivity index (χ0v) is 12.3. The maximum absolute atomic E-state index is 13.7. The monoisotopic (exact) mass is 304 g/mol. The van der Waals surface area contributed by atoms with Crippen LogP contribution < -0.4 is 5.73 Å². The molecular weight excluding hydrogens is 286 g/mol. The first-order valence-corrected chi connectivity index (χ1v) is 6.93. The van der Waals surface area contributed by atoms with Gasteiger partial charge in [-0.15, -0.1) is 12.4 Å². The fourth-order valence-corrected chi connectivity index (χ4v) is 3.58. The van der Waals surface area contributed by atoms with E-state index < -0.39 is 0 Å². The van der Waals surface area contributed by atoms with E-state index in [4.69, 9.17) is 17.3 Å². The summed E-state index contributed by atoms with van der Waals surface area (Å²) in [5, 5.41) is 0.455. The van der Waals surface area contributed by atoms with Crippen LogP contribution >= 0.6 is 24.0 Å². The molecule has 2 aliphatic rings. The van der Waals surface area contributed by atoms with Crippen molar-refractivity contribution in [3.05, 3.63) is 34.6 Å². The highest BCUT2D eigenvalue weighted by atomic mass is 35.5. The summed E-state index contributed by atoms with van der Waals surface area (Å²) in [6.45, 7) is 2.73. The Morgan fingerprint density at radius 2 is 2.11 bits per heavy atom. The van der Waals surface area contributed by atoms with E-state index in [-0.39, 0.29) is 18.2 Å². The van der Waals surface area contributed by atoms with Crippen molar-refractivity contribution in [2.24, 2.45) is 17.6 Å². The fourth-order valence-electron chi connectivity index (χ4n) is 3.42. The summed E-state index contributed by atoms with van der Waals surface area (Å²) >= 11 is 5.76. The third-order valence-electron chi connectivity index (χ3n) is 4.40. The van der Waals surface area contributed by atoms with Crippen LogP contribution in [-0.2, 0) is 6.54 Å². The Morgan fingerprint density at radius 1 is 1.32 bits per heavy atom. The summed E-state index contributed by atoms with van der Waals surface area (Å²) in [6.07, 6.45) is 2.38. The van der Waals surface area contributed by atoms with E-state index in [9.17, 15) is 4.39 Å². The van der Waals surface area contributed by atoms with Gasteiger partial charge in [0.05, 0.1) is 0 Å². The van der Waals surface area contributed by atoms with Crippen molar-refractivity contribution in [2.45, 2.75) is 25.4 Å². The minimum Gasteiger partial charge on any atom is -0.327 e. The van der Waals surface area contributed by atoms with E-state index >= 15 is 0 Å². The topological polar surface area (TPSA) is 29.3 Å². The predicted molar refractivity (Wildman–Crippen MR) is 78.1 cm³/mol. The van der Waals surface area contributed by atoms with Gasteiger partial charge < -0.3 is 5.73 Å². The molecule has 3 atom stereocenters. The molecule has 1 saturated carbocycles. The lowest BCUT2D eigenvalue weighted by Gasteiger charge is -2.18. The molecule has 1 aliphatic heterocycles. The van der Waals surface area contributed by atoms with Crippen molar-refractivity contribution >= 4 is 24.0 Å². The number of rotatable bonds is 2. The van der Waals surface area contributed by atoms with Crippen molar-refractivity contribution in [2.75, 3.05) is 13.1 Å². The van der Waals surface area contributed by atoms with Gasteiger partial charge in [-0.1, -0.05) is 17.7 Å². The molecule has 0 spiro atoms. The molecule has 0 bridgehead atoms. The number of benzene rings is 1. The summed E-state index contributed by atoms with van der Waals surface area (Å²) in [6, 6.07) is 5.27. The smallest absolute Gasteiger partial charge is 0.129 e. The van der Waals surface area contributed by atoms with E-state index in [1.807, 2.05) is 0 Å². The van der Waals surface area contributed by atoms with Gasteiger partial charge in [-0.2, -0.15) is 0 Å². The van der Waals surface area contributed by atoms with E-state index in [1.165, 1.54) is 12.5 Å². The standard InChI is InChI=1S/C14H18ClFN2.ClH/c15-11-3-1-10(13(16)5-11)7-18-6-9-2-4-14(17)12(9)8-18;/h1,3,5,9,12,14H,2,4,6-8,17H2;1H. The van der Waals surface area contributed by atoms with E-state index in [0.717, 1.165) is 31.0 Å². The van der Waals surface area contributed by atoms with Gasteiger partial charge >= 0.3 is 0 Å². The van der Waals surface area contributed by atoms with E-state index in [1.54, 1.807) is 12.1 Å². The maximum Gasteiger partial charge on any atom is 0.129 e. The Kier molecular flexibility index (Phi) is 4.72. The van der Waals surface area contributed by atoms with Crippen molar-refractivity contribution in [3.8, 4) is 0 Å². The summed E-state index contributed by atoms with van der Waals surface area (Å²) in [4.78, 5) is 2.32. The highest BCUT2D eigenvalue weighted by molar-refractivity contribution is 6.30. The Balaban J connectivity index is 0.00000133. The van der Waals surface area contributed by atoms with Crippen LogP contribution in [0.3, 0.4) is 0 Å². The molecule has 2 N–H and O–H groups in total. The molecule has 0 amide bonds. The van der Waals surface area contributed by atoms with Crippen LogP contribution in [0.15, 0.2) is 18.2 Å². The highest BCUT2D eigenvalue weighted by Crippen LogP contribution is 2.37. The summed E-state index contributed by atoms with van der Waals surface area (Å²) in [5.74, 6) is 1.12. The number of hydrogen-bond acceptors (Lipinski definition) is 2. The number of fused-ring (bicyclic) bond motifs is 1. The molecule has 1 aliphatic carbocycles. The van der Waals surface area contributed by atoms with Crippen molar-refractivity contribution in [1.82, 2.24) is 4.90 Å². The molecule has 5 heteroatoms. The van der Waals surface area contributed by atoms with Gasteiger partial charge in [0.1, 0.15) is 5.82 Å². The summed E-state index contributed by atoms with van der Waals surface area (Å²) in [5.41, 5.74) is 6.84. The van der Waals surface area contributed by atoms with Crippen LogP contribution in [0.4, 0.5) is 4.39 Å². The molecule has 1 heterocycles. The number of nitrogens with zero attached hydrogens (tertiary/aromatic N) is 1. The molecule has 0 aromatic heterocycles. The molecule has 1 aromatic rings. The largest absolute Gasteiger partial charge is 0.327 e. The third kappa shape index (κ3) is 3.05. The average Bonchev–Trinajstić information content (AvgIpc) is 2.86. The molecule has 19 heavy (non-hydrogen) atoms. The second kappa shape index (κ2) is 5.96. The molecule has 0 radical (unpaired) electrons. The highest BCUT2D eigenvalue weighted by Gasteiger charge is 2.40. The molecule has 3 rings (SSSR count). The minimum absolute atomic E-state index is 0. The number of nitrogens with two attached hydrogens (primary N) is 1. The van der Waals surface area contributed by atoms with Crippen LogP contribution in [-0.4, -0.2) is 24.0 Å². The Morgan fingerprint density at radius 3 is 2.79 bits per heavy atom. The number of likely N-dealkylation sites (tertiary alicyclic amines) is 1. The van der Waals surface area contributed by atoms with Gasteiger partial charge in [-0.05, 0) is 36.8 Å². The molecule has 2 fully saturated rings. The lowest BCUT2D eigenvalue weighted by Crippen LogP contribution is -2.30. The van der Waals surface area contributed by atoms with Crippen molar-refractivity contribution < 1.29 is 4.39 Å². The lowest BCUT2D eigenvalue weighted by atomic mass is 9.98. The Hall–Kier alpha value is -0.350. The third-order valence-corrected chi connectivity index (χ3v) is 4.63. The second-order valence-electron chi connectivity index (χ2n) is 5.59. The second-order valence-corrected chi connectivity index (χ2v) is 6.03. The molecule has 1 saturated heterocycles. The lowest BCUT2D eigenvalue weighted by molar-refractivity contribution is 0.294. The van der Waals surface area contributed by atoms with Gasteiger partial charge in [0.2, 0.25) is 0 Å². The zero-order valence-electron chi connectivity index (χ0n) is 10.7. The average molecular weight is 305 g/mol. The summed E-state index contributed by atoms with van der Waals surface area (Å²) in [7, 11) is 0. The van der Waals surface area contributed by atoms with Crippen LogP contribution in [0.5, 0.6) is 0 Å². The predicted octanol–water partition coefficient (Wildman–Crippen LogP) is 3.07. The van der Waals surface area contributed by atoms with Crippen LogP contribution in [0.1, 0.15) is 18.4 Å². The van der Waals surface area contributed by atoms with Gasteiger partial charge in [0, 0.05) is 36.3 Å². The molecular formula is C14H19Cl2FN2. The summed E-state index contributed by atoms with van der Waals surface area (Å²) < 4.78 is 13.7. The first kappa shape index (κ1) is 15.0. The van der Waals surface area contributed by atoms with Crippen LogP contribution in [0.2, 0.25) is 5.02 Å². The van der Waals surface area contributed by atoms with Gasteiger partial charge in [0.15, 0.2) is 0 Å². The number of halogens is 3. The maximum atomic E-state index is 13.7. The molecule has 3 unspecified atom stereocenters. The quantitative estimate of drug-likeness (QED) is 0.910. The van der Waals surface area contributed by atoms with Crippen LogP contribution in [0.25, 0.3) is 0 Å². The van der Waals surface area contributed by atoms with E-state index in [0.29, 0.717) is 23.5 Å². The zero-order chi connectivity index (χ0) is 12.7. The van der Waals surface area contributed by atoms with Gasteiger partial charge in [0.25, 0.3) is 0 Å². The van der Waals surface area contributed by atoms with Gasteiger partial charge in [-0.3, -0.25) is 4.90 Å². The first-order chi connectivity index (χ1) is 8.63. The Bertz CT molecular complexity index is 455. The number of hydrogen-bond donors (Lipinski definition) is 1. The molecule has 106 valence electrons.